The minimum Gasteiger partial charge on any atom is -0.449 e. The van der Waals surface area contributed by atoms with Crippen LogP contribution in [0.4, 0.5) is 10.5 Å². The van der Waals surface area contributed by atoms with Crippen LogP contribution in [-0.2, 0) is 4.74 Å². The van der Waals surface area contributed by atoms with Gasteiger partial charge in [-0.25, -0.2) is 4.79 Å². The zero-order chi connectivity index (χ0) is 13.0. The molecule has 4 heteroatoms. The summed E-state index contributed by atoms with van der Waals surface area (Å²) in [5.74, 6) is 0. The fourth-order valence-corrected chi connectivity index (χ4v) is 1.85. The maximum atomic E-state index is 12.0. The van der Waals surface area contributed by atoms with Crippen LogP contribution in [0.5, 0.6) is 0 Å². The summed E-state index contributed by atoms with van der Waals surface area (Å²) in [5, 5.41) is 9.11. The third kappa shape index (κ3) is 2.21. The fraction of sp³-hybridized carbons (Fsp3) is 0.286. The van der Waals surface area contributed by atoms with Crippen LogP contribution in [0.3, 0.4) is 0 Å². The lowest BCUT2D eigenvalue weighted by Crippen LogP contribution is -2.40. The van der Waals surface area contributed by atoms with E-state index in [1.807, 2.05) is 37.3 Å². The van der Waals surface area contributed by atoms with Crippen molar-refractivity contribution >= 4 is 17.9 Å². The van der Waals surface area contributed by atoms with Gasteiger partial charge in [0.15, 0.2) is 0 Å². The molecule has 0 radical (unpaired) electrons. The van der Waals surface area contributed by atoms with Gasteiger partial charge >= 0.3 is 6.09 Å². The lowest BCUT2D eigenvalue weighted by Gasteiger charge is -2.29. The Kier molecular flexibility index (Phi) is 3.63. The average Bonchev–Trinajstić information content (AvgIpc) is 2.43. The van der Waals surface area contributed by atoms with Crippen molar-refractivity contribution in [2.75, 3.05) is 11.5 Å². The SMILES string of the molecule is CCCOC(=O)N1c2ccccc2C=CC1C#N. The molecular formula is C14H14N2O2. The maximum absolute atomic E-state index is 12.0. The molecule has 1 heterocycles. The molecule has 1 amide bonds. The van der Waals surface area contributed by atoms with Gasteiger partial charge in [-0.1, -0.05) is 31.2 Å². The Morgan fingerprint density at radius 2 is 2.28 bits per heavy atom. The van der Waals surface area contributed by atoms with Crippen LogP contribution < -0.4 is 4.90 Å². The van der Waals surface area contributed by atoms with Crippen LogP contribution in [0.15, 0.2) is 30.3 Å². The molecule has 1 atom stereocenters. The highest BCUT2D eigenvalue weighted by Crippen LogP contribution is 2.29. The van der Waals surface area contributed by atoms with Crippen molar-refractivity contribution in [3.8, 4) is 6.07 Å². The monoisotopic (exact) mass is 242 g/mol. The first-order valence-electron chi connectivity index (χ1n) is 5.90. The normalized spacial score (nSPS) is 16.9. The van der Waals surface area contributed by atoms with Gasteiger partial charge in [-0.2, -0.15) is 5.26 Å². The Morgan fingerprint density at radius 3 is 3.00 bits per heavy atom. The summed E-state index contributed by atoms with van der Waals surface area (Å²) in [4.78, 5) is 13.4. The number of anilines is 1. The number of rotatable bonds is 2. The number of hydrogen-bond acceptors (Lipinski definition) is 3. The molecule has 1 aliphatic rings. The predicted molar refractivity (Wildman–Crippen MR) is 69.0 cm³/mol. The van der Waals surface area contributed by atoms with Crippen LogP contribution in [0.2, 0.25) is 0 Å². The molecule has 92 valence electrons. The molecule has 0 aliphatic carbocycles. The molecule has 0 fully saturated rings. The third-order valence-electron chi connectivity index (χ3n) is 2.69. The van der Waals surface area contributed by atoms with Crippen molar-refractivity contribution in [1.82, 2.24) is 0 Å². The van der Waals surface area contributed by atoms with Crippen molar-refractivity contribution in [3.05, 3.63) is 35.9 Å². The molecule has 0 saturated carbocycles. The molecule has 1 aromatic carbocycles. The van der Waals surface area contributed by atoms with Crippen LogP contribution in [0, 0.1) is 11.3 Å². The summed E-state index contributed by atoms with van der Waals surface area (Å²) in [6, 6.07) is 8.94. The smallest absolute Gasteiger partial charge is 0.415 e. The van der Waals surface area contributed by atoms with Gasteiger partial charge in [0.25, 0.3) is 0 Å². The van der Waals surface area contributed by atoms with E-state index in [4.69, 9.17) is 10.00 Å². The number of carbonyl (C=O) groups excluding carboxylic acids is 1. The molecule has 1 unspecified atom stereocenters. The van der Waals surface area contributed by atoms with Gasteiger partial charge < -0.3 is 4.74 Å². The molecule has 0 bridgehead atoms. The van der Waals surface area contributed by atoms with Crippen LogP contribution in [0.1, 0.15) is 18.9 Å². The van der Waals surface area contributed by atoms with E-state index in [1.54, 1.807) is 6.08 Å². The predicted octanol–water partition coefficient (Wildman–Crippen LogP) is 2.96. The van der Waals surface area contributed by atoms with Gasteiger partial charge in [0, 0.05) is 0 Å². The highest BCUT2D eigenvalue weighted by Gasteiger charge is 2.28. The Morgan fingerprint density at radius 1 is 1.50 bits per heavy atom. The Hall–Kier alpha value is -2.28. The highest BCUT2D eigenvalue weighted by atomic mass is 16.6. The second kappa shape index (κ2) is 5.37. The number of ether oxygens (including phenoxy) is 1. The van der Waals surface area contributed by atoms with E-state index in [0.717, 1.165) is 12.0 Å². The quantitative estimate of drug-likeness (QED) is 0.801. The zero-order valence-corrected chi connectivity index (χ0v) is 10.2. The van der Waals surface area contributed by atoms with E-state index in [0.29, 0.717) is 12.3 Å². The summed E-state index contributed by atoms with van der Waals surface area (Å²) < 4.78 is 5.12. The first-order chi connectivity index (χ1) is 8.77. The average molecular weight is 242 g/mol. The molecule has 0 N–H and O–H groups in total. The zero-order valence-electron chi connectivity index (χ0n) is 10.2. The van der Waals surface area contributed by atoms with E-state index in [9.17, 15) is 4.79 Å². The Labute approximate surface area is 106 Å². The van der Waals surface area contributed by atoms with Crippen molar-refractivity contribution in [2.45, 2.75) is 19.4 Å². The molecule has 2 rings (SSSR count). The molecule has 4 nitrogen and oxygen atoms in total. The van der Waals surface area contributed by atoms with Crippen molar-refractivity contribution in [3.63, 3.8) is 0 Å². The van der Waals surface area contributed by atoms with Crippen LogP contribution in [-0.4, -0.2) is 18.7 Å². The van der Waals surface area contributed by atoms with Crippen LogP contribution >= 0.6 is 0 Å². The number of hydrogen-bond donors (Lipinski definition) is 0. The molecule has 0 aromatic heterocycles. The number of carbonyl (C=O) groups is 1. The molecule has 18 heavy (non-hydrogen) atoms. The van der Waals surface area contributed by atoms with E-state index in [1.165, 1.54) is 4.90 Å². The maximum Gasteiger partial charge on any atom is 0.415 e. The van der Waals surface area contributed by atoms with Gasteiger partial charge in [0.1, 0.15) is 6.04 Å². The largest absolute Gasteiger partial charge is 0.449 e. The number of nitrogens with zero attached hydrogens (tertiary/aromatic N) is 2. The minimum absolute atomic E-state index is 0.360. The first kappa shape index (κ1) is 12.2. The fourth-order valence-electron chi connectivity index (χ4n) is 1.85. The highest BCUT2D eigenvalue weighted by molar-refractivity contribution is 5.94. The third-order valence-corrected chi connectivity index (χ3v) is 2.69. The van der Waals surface area contributed by atoms with Gasteiger partial charge in [0.05, 0.1) is 18.4 Å². The number of para-hydroxylation sites is 1. The van der Waals surface area contributed by atoms with Crippen LogP contribution in [0.25, 0.3) is 6.08 Å². The summed E-state index contributed by atoms with van der Waals surface area (Å²) in [6.07, 6.45) is 3.84. The second-order valence-electron chi connectivity index (χ2n) is 3.98. The standard InChI is InChI=1S/C14H14N2O2/c1-2-9-18-14(17)16-12(10-15)8-7-11-5-3-4-6-13(11)16/h3-8,12H,2,9H2,1H3. The Balaban J connectivity index is 2.33. The molecular weight excluding hydrogens is 228 g/mol. The van der Waals surface area contributed by atoms with Gasteiger partial charge in [-0.15, -0.1) is 0 Å². The topological polar surface area (TPSA) is 53.3 Å². The number of benzene rings is 1. The minimum atomic E-state index is -0.607. The number of amides is 1. The summed E-state index contributed by atoms with van der Waals surface area (Å²) in [7, 11) is 0. The van der Waals surface area contributed by atoms with Gasteiger partial charge in [0.2, 0.25) is 0 Å². The van der Waals surface area contributed by atoms with Crippen molar-refractivity contribution in [2.24, 2.45) is 0 Å². The molecule has 1 aromatic rings. The molecule has 0 saturated heterocycles. The van der Waals surface area contributed by atoms with E-state index >= 15 is 0 Å². The van der Waals surface area contributed by atoms with Gasteiger partial charge in [-0.3, -0.25) is 4.90 Å². The second-order valence-corrected chi connectivity index (χ2v) is 3.98. The lowest BCUT2D eigenvalue weighted by atomic mass is 10.0. The Bertz CT molecular complexity index is 517. The summed E-state index contributed by atoms with van der Waals surface area (Å²) >= 11 is 0. The first-order valence-corrected chi connectivity index (χ1v) is 5.90. The van der Waals surface area contributed by atoms with Crippen molar-refractivity contribution in [1.29, 1.82) is 5.26 Å². The summed E-state index contributed by atoms with van der Waals surface area (Å²) in [5.41, 5.74) is 1.63. The van der Waals surface area contributed by atoms with Crippen molar-refractivity contribution < 1.29 is 9.53 Å². The van der Waals surface area contributed by atoms with E-state index in [-0.39, 0.29) is 0 Å². The lowest BCUT2D eigenvalue weighted by molar-refractivity contribution is 0.153. The number of fused-ring (bicyclic) bond motifs is 1. The number of nitriles is 1. The molecule has 1 aliphatic heterocycles. The van der Waals surface area contributed by atoms with E-state index < -0.39 is 12.1 Å². The summed E-state index contributed by atoms with van der Waals surface area (Å²) in [6.45, 7) is 2.29. The van der Waals surface area contributed by atoms with Gasteiger partial charge in [-0.05, 0) is 24.1 Å². The molecule has 0 spiro atoms. The van der Waals surface area contributed by atoms with E-state index in [2.05, 4.69) is 6.07 Å².